The Balaban J connectivity index is 1.75. The Labute approximate surface area is 280 Å². The van der Waals surface area contributed by atoms with Crippen LogP contribution in [0, 0.1) is 0 Å². The number of ether oxygens (including phenoxy) is 4. The highest BCUT2D eigenvalue weighted by Gasteiger charge is 2.54. The van der Waals surface area contributed by atoms with Crippen molar-refractivity contribution in [2.75, 3.05) is 13.2 Å². The van der Waals surface area contributed by atoms with Gasteiger partial charge in [-0.25, -0.2) is 14.4 Å². The Hall–Kier alpha value is -2.87. The van der Waals surface area contributed by atoms with Crippen LogP contribution in [0.4, 0.5) is 4.79 Å². The number of alkyl halides is 3. The summed E-state index contributed by atoms with van der Waals surface area (Å²) in [4.78, 5) is 65.4. The van der Waals surface area contributed by atoms with E-state index in [-0.39, 0.29) is 17.6 Å². The number of alkyl carbamates (subject to hydrolysis) is 1. The van der Waals surface area contributed by atoms with Crippen LogP contribution in [-0.4, -0.2) is 79.6 Å². The number of thioether (sulfide) groups is 1. The molecule has 248 valence electrons. The molecule has 1 aromatic rings. The van der Waals surface area contributed by atoms with Crippen molar-refractivity contribution in [3.8, 4) is 5.75 Å². The van der Waals surface area contributed by atoms with E-state index < -0.39 is 68.9 Å². The van der Waals surface area contributed by atoms with Crippen LogP contribution >= 0.6 is 46.6 Å². The number of nitrogens with zero attached hydrogens (tertiary/aromatic N) is 1. The third-order valence-electron chi connectivity index (χ3n) is 5.84. The highest BCUT2D eigenvalue weighted by Crippen LogP contribution is 2.41. The van der Waals surface area contributed by atoms with Crippen molar-refractivity contribution < 1.29 is 42.9 Å². The number of hydrogen-bond acceptors (Lipinski definition) is 10. The molecule has 3 rings (SSSR count). The molecule has 1 saturated heterocycles. The van der Waals surface area contributed by atoms with Gasteiger partial charge in [0, 0.05) is 5.25 Å². The summed E-state index contributed by atoms with van der Waals surface area (Å²) >= 11 is 18.4. The van der Waals surface area contributed by atoms with Crippen LogP contribution in [-0.2, 0) is 33.4 Å². The van der Waals surface area contributed by atoms with Gasteiger partial charge in [-0.05, 0) is 72.2 Å². The van der Waals surface area contributed by atoms with E-state index in [1.807, 2.05) is 6.92 Å². The average molecular weight is 709 g/mol. The molecule has 3 unspecified atom stereocenters. The van der Waals surface area contributed by atoms with Gasteiger partial charge < -0.3 is 29.6 Å². The van der Waals surface area contributed by atoms with Crippen LogP contribution in [0.2, 0.25) is 0 Å². The number of nitrogens with one attached hydrogen (secondary N) is 2. The fourth-order valence-corrected chi connectivity index (χ4v) is 5.67. The number of fused-ring (bicyclic) bond motifs is 1. The first kappa shape index (κ1) is 36.6. The van der Waals surface area contributed by atoms with Gasteiger partial charge >= 0.3 is 18.0 Å². The van der Waals surface area contributed by atoms with E-state index in [0.717, 1.165) is 0 Å². The molecule has 2 heterocycles. The van der Waals surface area contributed by atoms with E-state index in [1.165, 1.54) is 40.9 Å². The summed E-state index contributed by atoms with van der Waals surface area (Å²) < 4.78 is 19.3. The van der Waals surface area contributed by atoms with Crippen molar-refractivity contribution in [2.45, 2.75) is 86.2 Å². The number of carbonyl (C=O) groups excluding carboxylic acids is 5. The van der Waals surface area contributed by atoms with Gasteiger partial charge in [-0.3, -0.25) is 14.5 Å². The fraction of sp³-hybridized carbons (Fsp3) is 0.552. The predicted molar refractivity (Wildman–Crippen MR) is 169 cm³/mol. The maximum Gasteiger partial charge on any atom is 0.408 e. The molecule has 0 saturated carbocycles. The van der Waals surface area contributed by atoms with Crippen LogP contribution in [0.5, 0.6) is 5.75 Å². The molecular weight excluding hydrogens is 673 g/mol. The molecule has 45 heavy (non-hydrogen) atoms. The molecule has 16 heteroatoms. The van der Waals surface area contributed by atoms with Gasteiger partial charge in [-0.1, -0.05) is 46.9 Å². The smallest absolute Gasteiger partial charge is 0.408 e. The highest BCUT2D eigenvalue weighted by molar-refractivity contribution is 8.00. The SMILES string of the molecule is CC1C=C(C(=O)OCC(Cl)(Cl)Cl)N2C(=O)C(NC(=O)C(NC(=O)OC(C)(C)C)c3ccc(OCC(=O)OC(C)(C)C)cc3)[C@H]2S1. The summed E-state index contributed by atoms with van der Waals surface area (Å²) in [6.07, 6.45) is 0.689. The number of halogens is 3. The largest absolute Gasteiger partial charge is 0.482 e. The minimum absolute atomic E-state index is 0.0265. The third kappa shape index (κ3) is 10.9. The number of amides is 3. The second-order valence-corrected chi connectivity index (χ2v) is 16.2. The monoisotopic (exact) mass is 707 g/mol. The molecule has 0 aromatic heterocycles. The van der Waals surface area contributed by atoms with Gasteiger partial charge in [-0.15, -0.1) is 11.8 Å². The average Bonchev–Trinajstić information content (AvgIpc) is 2.89. The summed E-state index contributed by atoms with van der Waals surface area (Å²) in [5.74, 6) is -2.35. The van der Waals surface area contributed by atoms with Crippen molar-refractivity contribution in [1.82, 2.24) is 15.5 Å². The Bertz CT molecular complexity index is 1340. The van der Waals surface area contributed by atoms with Crippen molar-refractivity contribution in [3.05, 3.63) is 41.6 Å². The minimum Gasteiger partial charge on any atom is -0.482 e. The number of rotatable bonds is 9. The third-order valence-corrected chi connectivity index (χ3v) is 7.49. The van der Waals surface area contributed by atoms with E-state index in [0.29, 0.717) is 11.3 Å². The lowest BCUT2D eigenvalue weighted by molar-refractivity contribution is -0.157. The van der Waals surface area contributed by atoms with Crippen LogP contribution in [0.15, 0.2) is 36.0 Å². The number of carbonyl (C=O) groups is 5. The zero-order valence-electron chi connectivity index (χ0n) is 25.8. The van der Waals surface area contributed by atoms with Crippen molar-refractivity contribution >= 4 is 76.4 Å². The summed E-state index contributed by atoms with van der Waals surface area (Å²) in [5, 5.41) is 4.38. The van der Waals surface area contributed by atoms with Gasteiger partial charge in [0.1, 0.15) is 46.7 Å². The van der Waals surface area contributed by atoms with Crippen molar-refractivity contribution in [2.24, 2.45) is 0 Å². The van der Waals surface area contributed by atoms with Crippen molar-refractivity contribution in [1.29, 1.82) is 0 Å². The molecule has 12 nitrogen and oxygen atoms in total. The van der Waals surface area contributed by atoms with E-state index in [2.05, 4.69) is 10.6 Å². The highest BCUT2D eigenvalue weighted by atomic mass is 35.6. The lowest BCUT2D eigenvalue weighted by Crippen LogP contribution is -2.71. The molecule has 1 aromatic carbocycles. The van der Waals surface area contributed by atoms with Crippen molar-refractivity contribution in [3.63, 3.8) is 0 Å². The summed E-state index contributed by atoms with van der Waals surface area (Å²) in [5.41, 5.74) is -1.21. The van der Waals surface area contributed by atoms with Gasteiger partial charge in [0.2, 0.25) is 9.70 Å². The molecule has 0 spiro atoms. The predicted octanol–water partition coefficient (Wildman–Crippen LogP) is 4.56. The molecule has 3 amide bonds. The Kier molecular flexibility index (Phi) is 11.6. The first-order valence-corrected chi connectivity index (χ1v) is 15.9. The zero-order valence-corrected chi connectivity index (χ0v) is 28.9. The lowest BCUT2D eigenvalue weighted by atomic mass is 10.0. The Morgan fingerprint density at radius 1 is 0.978 bits per heavy atom. The lowest BCUT2D eigenvalue weighted by Gasteiger charge is -2.50. The van der Waals surface area contributed by atoms with E-state index >= 15 is 0 Å². The molecule has 1 fully saturated rings. The van der Waals surface area contributed by atoms with Gasteiger partial charge in [0.15, 0.2) is 6.61 Å². The molecule has 2 N–H and O–H groups in total. The minimum atomic E-state index is -1.83. The molecule has 2 aliphatic heterocycles. The quantitative estimate of drug-likeness (QED) is 0.162. The van der Waals surface area contributed by atoms with E-state index in [9.17, 15) is 24.0 Å². The first-order valence-electron chi connectivity index (χ1n) is 13.8. The molecule has 0 bridgehead atoms. The van der Waals surface area contributed by atoms with E-state index in [4.69, 9.17) is 53.8 Å². The standard InChI is InChI=1S/C29H36Cl3N3O9S/c1-15-12-18(25(39)42-14-29(30,31)32)35-23(38)21(24(35)45-15)33-22(37)20(34-26(40)44-28(5,6)7)16-8-10-17(11-9-16)41-13-19(36)43-27(2,3)4/h8-12,15,20-21,24H,13-14H2,1-7H3,(H,33,37)(H,34,40)/t15?,20?,21?,24-/m1/s1. The summed E-state index contributed by atoms with van der Waals surface area (Å²) in [6.45, 7) is 11.2. The second kappa shape index (κ2) is 14.3. The zero-order chi connectivity index (χ0) is 33.9. The molecule has 2 aliphatic rings. The van der Waals surface area contributed by atoms with Crippen LogP contribution < -0.4 is 15.4 Å². The second-order valence-electron chi connectivity index (χ2n) is 12.2. The molecular formula is C29H36Cl3N3O9S. The number of β-lactam (4-membered cyclic amide) rings is 1. The molecule has 4 atom stereocenters. The first-order chi connectivity index (χ1) is 20.6. The normalized spacial score (nSPS) is 20.5. The molecule has 0 radical (unpaired) electrons. The van der Waals surface area contributed by atoms with Gasteiger partial charge in [-0.2, -0.15) is 0 Å². The number of hydrogen-bond donors (Lipinski definition) is 2. The Morgan fingerprint density at radius 2 is 1.58 bits per heavy atom. The maximum atomic E-state index is 13.6. The van der Waals surface area contributed by atoms with Gasteiger partial charge in [0.25, 0.3) is 5.91 Å². The Morgan fingerprint density at radius 3 is 2.13 bits per heavy atom. The molecule has 0 aliphatic carbocycles. The summed E-state index contributed by atoms with van der Waals surface area (Å²) in [7, 11) is 0. The van der Waals surface area contributed by atoms with Crippen LogP contribution in [0.1, 0.15) is 60.1 Å². The van der Waals surface area contributed by atoms with Gasteiger partial charge in [0.05, 0.1) is 0 Å². The number of esters is 2. The topological polar surface area (TPSA) is 150 Å². The fourth-order valence-electron chi connectivity index (χ4n) is 4.17. The number of benzene rings is 1. The van der Waals surface area contributed by atoms with Crippen LogP contribution in [0.3, 0.4) is 0 Å². The van der Waals surface area contributed by atoms with E-state index in [1.54, 1.807) is 47.6 Å². The van der Waals surface area contributed by atoms with Crippen LogP contribution in [0.25, 0.3) is 0 Å². The summed E-state index contributed by atoms with van der Waals surface area (Å²) in [6, 6.07) is 3.79. The maximum absolute atomic E-state index is 13.6.